The van der Waals surface area contributed by atoms with Gasteiger partial charge in [-0.15, -0.1) is 11.8 Å². The van der Waals surface area contributed by atoms with Crippen molar-refractivity contribution in [1.29, 1.82) is 0 Å². The van der Waals surface area contributed by atoms with Crippen molar-refractivity contribution in [2.24, 2.45) is 11.1 Å². The van der Waals surface area contributed by atoms with Crippen LogP contribution >= 0.6 is 23.4 Å². The Morgan fingerprint density at radius 2 is 1.78 bits per heavy atom. The lowest BCUT2D eigenvalue weighted by Gasteiger charge is -2.31. The molecule has 1 unspecified atom stereocenters. The minimum absolute atomic E-state index is 0.122. The zero-order valence-corrected chi connectivity index (χ0v) is 27.4. The minimum Gasteiger partial charge on any atom is -0.318 e. The molecule has 0 saturated carbocycles. The zero-order chi connectivity index (χ0) is 32.5. The maximum atomic E-state index is 13.5. The number of ketones is 2. The number of carbonyl (C=O) groups is 3. The number of hydrogen-bond donors (Lipinski definition) is 0. The number of benzene rings is 3. The summed E-state index contributed by atoms with van der Waals surface area (Å²) < 4.78 is 0. The van der Waals surface area contributed by atoms with Crippen LogP contribution in [0.25, 0.3) is 0 Å². The van der Waals surface area contributed by atoms with Crippen molar-refractivity contribution in [1.82, 2.24) is 0 Å². The first-order valence-electron chi connectivity index (χ1n) is 15.2. The van der Waals surface area contributed by atoms with Crippen molar-refractivity contribution < 1.29 is 19.2 Å². The van der Waals surface area contributed by atoms with Gasteiger partial charge >= 0.3 is 5.97 Å². The van der Waals surface area contributed by atoms with E-state index in [0.717, 1.165) is 45.9 Å². The highest BCUT2D eigenvalue weighted by molar-refractivity contribution is 7.99. The number of rotatable bonds is 12. The number of hydrogen-bond acceptors (Lipinski definition) is 7. The van der Waals surface area contributed by atoms with Gasteiger partial charge in [-0.1, -0.05) is 65.3 Å². The van der Waals surface area contributed by atoms with E-state index in [1.807, 2.05) is 79.7 Å². The molecule has 3 aromatic carbocycles. The van der Waals surface area contributed by atoms with E-state index in [1.165, 1.54) is 6.92 Å². The standard InChI is InChI=1S/C38H35ClN2O4S/c1-26-8-6-7-11-35(26)37(43)28-12-18-32(19-13-28)41(31-9-4-3-5-10-31)33-20-14-29(15-21-33)38(44)36(40-45-27(2)42)24-25-46-34-22-16-30(39)17-23-34/h3-4,6-9,11-12,14-23,28H,5,10,13,24-25H2,1-2H3. The largest absolute Gasteiger partial charge is 0.331 e. The molecule has 0 saturated heterocycles. The Balaban J connectivity index is 1.33. The van der Waals surface area contributed by atoms with Crippen LogP contribution in [0.1, 0.15) is 58.9 Å². The molecule has 0 radical (unpaired) electrons. The summed E-state index contributed by atoms with van der Waals surface area (Å²) in [4.78, 5) is 46.4. The molecule has 2 aliphatic rings. The van der Waals surface area contributed by atoms with E-state index in [4.69, 9.17) is 16.4 Å². The lowest BCUT2D eigenvalue weighted by Crippen LogP contribution is -2.24. The number of carbonyl (C=O) groups excluding carboxylic acids is 3. The summed E-state index contributed by atoms with van der Waals surface area (Å²) in [5, 5.41) is 4.56. The first-order chi connectivity index (χ1) is 22.3. The fourth-order valence-electron chi connectivity index (χ4n) is 5.32. The van der Waals surface area contributed by atoms with Gasteiger partial charge in [0.15, 0.2) is 5.78 Å². The molecule has 234 valence electrons. The average Bonchev–Trinajstić information content (AvgIpc) is 3.08. The second-order valence-corrected chi connectivity index (χ2v) is 12.6. The first kappa shape index (κ1) is 32.9. The normalized spacial score (nSPS) is 16.0. The molecule has 2 aliphatic carbocycles. The van der Waals surface area contributed by atoms with Gasteiger partial charge in [0.25, 0.3) is 0 Å². The quantitative estimate of drug-likeness (QED) is 0.0639. The molecule has 0 aromatic heterocycles. The lowest BCUT2D eigenvalue weighted by molar-refractivity contribution is -0.140. The van der Waals surface area contributed by atoms with Gasteiger partial charge in [0.05, 0.1) is 0 Å². The molecule has 5 rings (SSSR count). The monoisotopic (exact) mass is 650 g/mol. The Bertz CT molecular complexity index is 1750. The fraction of sp³-hybridized carbons (Fsp3) is 0.211. The van der Waals surface area contributed by atoms with Gasteiger partial charge < -0.3 is 9.74 Å². The smallest absolute Gasteiger partial charge is 0.318 e. The number of oxime groups is 1. The Morgan fingerprint density at radius 3 is 2.43 bits per heavy atom. The van der Waals surface area contributed by atoms with Crippen LogP contribution in [0.5, 0.6) is 0 Å². The maximum Gasteiger partial charge on any atom is 0.331 e. The van der Waals surface area contributed by atoms with Gasteiger partial charge in [-0.05, 0) is 92.4 Å². The third-order valence-electron chi connectivity index (χ3n) is 7.72. The van der Waals surface area contributed by atoms with E-state index in [2.05, 4.69) is 34.4 Å². The van der Waals surface area contributed by atoms with Crippen molar-refractivity contribution in [3.63, 3.8) is 0 Å². The molecule has 0 aliphatic heterocycles. The second-order valence-electron chi connectivity index (χ2n) is 11.0. The SMILES string of the molecule is CC(=O)ON=C(CCSc1ccc(Cl)cc1)C(=O)c1ccc(N(C2=CCC(C(=O)c3ccccc3C)C=C2)C2=CC=CCC2)cc1. The Labute approximate surface area is 279 Å². The number of nitrogens with zero attached hydrogens (tertiary/aromatic N) is 2. The van der Waals surface area contributed by atoms with Crippen LogP contribution in [0.2, 0.25) is 5.02 Å². The van der Waals surface area contributed by atoms with E-state index >= 15 is 0 Å². The van der Waals surface area contributed by atoms with E-state index in [9.17, 15) is 14.4 Å². The van der Waals surface area contributed by atoms with Crippen LogP contribution in [0.4, 0.5) is 5.69 Å². The van der Waals surface area contributed by atoms with Gasteiger partial charge in [-0.25, -0.2) is 4.79 Å². The van der Waals surface area contributed by atoms with Gasteiger partial charge in [0.1, 0.15) is 5.71 Å². The molecule has 3 aromatic rings. The lowest BCUT2D eigenvalue weighted by atomic mass is 9.89. The number of allylic oxidation sites excluding steroid dienone is 7. The van der Waals surface area contributed by atoms with Crippen LogP contribution in [-0.4, -0.2) is 29.0 Å². The highest BCUT2D eigenvalue weighted by atomic mass is 35.5. The molecular formula is C38H35ClN2O4S. The first-order valence-corrected chi connectivity index (χ1v) is 16.6. The number of aryl methyl sites for hydroxylation is 1. The van der Waals surface area contributed by atoms with Crippen LogP contribution in [0.3, 0.4) is 0 Å². The van der Waals surface area contributed by atoms with Crippen molar-refractivity contribution in [2.45, 2.75) is 44.4 Å². The van der Waals surface area contributed by atoms with Crippen molar-refractivity contribution in [3.05, 3.63) is 142 Å². The Hall–Kier alpha value is -4.46. The highest BCUT2D eigenvalue weighted by Crippen LogP contribution is 2.33. The van der Waals surface area contributed by atoms with Gasteiger partial charge in [-0.2, -0.15) is 0 Å². The van der Waals surface area contributed by atoms with Crippen LogP contribution in [0.15, 0.2) is 131 Å². The zero-order valence-electron chi connectivity index (χ0n) is 25.8. The van der Waals surface area contributed by atoms with Crippen LogP contribution < -0.4 is 4.90 Å². The fourth-order valence-corrected chi connectivity index (χ4v) is 6.31. The topological polar surface area (TPSA) is 76.0 Å². The molecule has 0 spiro atoms. The summed E-state index contributed by atoms with van der Waals surface area (Å²) in [5.74, 6) is -0.427. The summed E-state index contributed by atoms with van der Waals surface area (Å²) in [6.45, 7) is 3.22. The number of Topliss-reactive ketones (excluding diaryl/α,β-unsaturated/α-hetero) is 2. The van der Waals surface area contributed by atoms with Crippen molar-refractivity contribution in [2.75, 3.05) is 10.7 Å². The molecule has 0 heterocycles. The van der Waals surface area contributed by atoms with Crippen molar-refractivity contribution >= 4 is 52.3 Å². The molecule has 1 atom stereocenters. The van der Waals surface area contributed by atoms with Crippen LogP contribution in [0, 0.1) is 12.8 Å². The minimum atomic E-state index is -0.590. The summed E-state index contributed by atoms with van der Waals surface area (Å²) in [6.07, 6.45) is 15.1. The second kappa shape index (κ2) is 15.7. The molecule has 0 fully saturated rings. The molecule has 8 heteroatoms. The summed E-state index contributed by atoms with van der Waals surface area (Å²) in [7, 11) is 0. The predicted molar refractivity (Wildman–Crippen MR) is 187 cm³/mol. The van der Waals surface area contributed by atoms with E-state index in [-0.39, 0.29) is 23.2 Å². The van der Waals surface area contributed by atoms with E-state index in [1.54, 1.807) is 23.9 Å². The third-order valence-corrected chi connectivity index (χ3v) is 8.99. The van der Waals surface area contributed by atoms with E-state index in [0.29, 0.717) is 29.2 Å². The molecule has 0 amide bonds. The Morgan fingerprint density at radius 1 is 1.02 bits per heavy atom. The Kier molecular flexibility index (Phi) is 11.2. The maximum absolute atomic E-state index is 13.5. The number of halogens is 1. The average molecular weight is 651 g/mol. The number of thioether (sulfide) groups is 1. The molecule has 6 nitrogen and oxygen atoms in total. The van der Waals surface area contributed by atoms with Crippen molar-refractivity contribution in [3.8, 4) is 0 Å². The summed E-state index contributed by atoms with van der Waals surface area (Å²) in [5.41, 5.74) is 5.35. The van der Waals surface area contributed by atoms with Gasteiger partial charge in [0, 0.05) is 63.1 Å². The molecule has 0 bridgehead atoms. The summed E-state index contributed by atoms with van der Waals surface area (Å²) >= 11 is 7.55. The highest BCUT2D eigenvalue weighted by Gasteiger charge is 2.24. The summed E-state index contributed by atoms with van der Waals surface area (Å²) in [6, 6.07) is 22.5. The van der Waals surface area contributed by atoms with Gasteiger partial charge in [-0.3, -0.25) is 9.59 Å². The molecule has 46 heavy (non-hydrogen) atoms. The van der Waals surface area contributed by atoms with Gasteiger partial charge in [0.2, 0.25) is 5.78 Å². The third kappa shape index (κ3) is 8.42. The predicted octanol–water partition coefficient (Wildman–Crippen LogP) is 9.32. The molecular weight excluding hydrogens is 616 g/mol. The number of anilines is 1. The van der Waals surface area contributed by atoms with E-state index < -0.39 is 5.97 Å². The molecule has 0 N–H and O–H groups in total. The van der Waals surface area contributed by atoms with Crippen LogP contribution in [-0.2, 0) is 9.63 Å².